The highest BCUT2D eigenvalue weighted by Gasteiger charge is 2.42. The Labute approximate surface area is 242 Å². The van der Waals surface area contributed by atoms with Gasteiger partial charge in [-0.1, -0.05) is 29.8 Å². The molecule has 4 rings (SSSR count). The van der Waals surface area contributed by atoms with Gasteiger partial charge < -0.3 is 19.8 Å². The van der Waals surface area contributed by atoms with Crippen molar-refractivity contribution in [1.29, 1.82) is 0 Å². The number of hydrogen-bond donors (Lipinski definition) is 2. The number of carbonyl (C=O) groups excluding carboxylic acids is 3. The van der Waals surface area contributed by atoms with Gasteiger partial charge in [0.15, 0.2) is 5.69 Å². The summed E-state index contributed by atoms with van der Waals surface area (Å²) in [5, 5.41) is 5.07. The van der Waals surface area contributed by atoms with Gasteiger partial charge in [-0.05, 0) is 80.7 Å². The van der Waals surface area contributed by atoms with E-state index < -0.39 is 29.4 Å². The molecule has 0 bridgehead atoms. The number of oxazole rings is 1. The van der Waals surface area contributed by atoms with Crippen molar-refractivity contribution in [1.82, 2.24) is 10.3 Å². The first-order valence-corrected chi connectivity index (χ1v) is 13.8. The zero-order valence-electron chi connectivity index (χ0n) is 23.8. The summed E-state index contributed by atoms with van der Waals surface area (Å²) in [6.45, 7) is 3.37. The Kier molecular flexibility index (Phi) is 9.70. The number of methoxy groups -OCH3 is 1. The third-order valence-corrected chi connectivity index (χ3v) is 7.55. The summed E-state index contributed by atoms with van der Waals surface area (Å²) >= 11 is 0. The van der Waals surface area contributed by atoms with E-state index >= 15 is 0 Å². The lowest BCUT2D eigenvalue weighted by molar-refractivity contribution is -0.153. The van der Waals surface area contributed by atoms with Gasteiger partial charge in [-0.15, -0.1) is 0 Å². The maximum absolute atomic E-state index is 13.6. The molecular weight excluding hydrogens is 551 g/mol. The Bertz CT molecular complexity index is 1420. The van der Waals surface area contributed by atoms with E-state index in [0.29, 0.717) is 35.1 Å². The van der Waals surface area contributed by atoms with Crippen molar-refractivity contribution < 1.29 is 36.7 Å². The largest absolute Gasteiger partial charge is 0.469 e. The van der Waals surface area contributed by atoms with Crippen molar-refractivity contribution in [3.63, 3.8) is 0 Å². The molecule has 0 saturated heterocycles. The molecule has 0 atom stereocenters. The molecule has 2 aromatic carbocycles. The molecule has 42 heavy (non-hydrogen) atoms. The number of nitrogens with one attached hydrogen (secondary N) is 2. The van der Waals surface area contributed by atoms with Crippen LogP contribution in [0.15, 0.2) is 46.9 Å². The van der Waals surface area contributed by atoms with Crippen LogP contribution in [-0.2, 0) is 20.5 Å². The number of benzene rings is 2. The molecule has 0 radical (unpaired) electrons. The normalized spacial score (nSPS) is 17.0. The minimum atomic E-state index is -4.93. The van der Waals surface area contributed by atoms with Crippen molar-refractivity contribution >= 4 is 23.5 Å². The van der Waals surface area contributed by atoms with Crippen molar-refractivity contribution in [3.05, 3.63) is 70.6 Å². The molecule has 8 nitrogen and oxygen atoms in total. The predicted molar refractivity (Wildman–Crippen MR) is 150 cm³/mol. The SMILES string of the molecule is COC(=O)CC1CCC(c2ccc(NC(=O)CCNC(=O)c3nc(-c4ccc(C)cc4C)oc3C(F)(F)F)cc2)CC1. The van der Waals surface area contributed by atoms with E-state index in [1.54, 1.807) is 37.3 Å². The zero-order valence-corrected chi connectivity index (χ0v) is 23.8. The first-order chi connectivity index (χ1) is 19.9. The molecule has 0 unspecified atom stereocenters. The van der Waals surface area contributed by atoms with Gasteiger partial charge in [-0.25, -0.2) is 4.98 Å². The summed E-state index contributed by atoms with van der Waals surface area (Å²) in [6.07, 6.45) is -0.777. The number of aryl methyl sites for hydroxylation is 2. The molecule has 1 aliphatic rings. The number of hydrogen-bond acceptors (Lipinski definition) is 6. The predicted octanol–water partition coefficient (Wildman–Crippen LogP) is 6.57. The molecule has 1 fully saturated rings. The second kappa shape index (κ2) is 13.2. The van der Waals surface area contributed by atoms with Crippen LogP contribution in [0.5, 0.6) is 0 Å². The monoisotopic (exact) mass is 585 g/mol. The fourth-order valence-electron chi connectivity index (χ4n) is 5.29. The molecule has 0 aliphatic heterocycles. The lowest BCUT2D eigenvalue weighted by atomic mass is 9.77. The van der Waals surface area contributed by atoms with Crippen molar-refractivity contribution in [2.75, 3.05) is 19.0 Å². The number of rotatable bonds is 9. The second-order valence-corrected chi connectivity index (χ2v) is 10.7. The van der Waals surface area contributed by atoms with Crippen molar-refractivity contribution in [2.45, 2.75) is 64.5 Å². The second-order valence-electron chi connectivity index (χ2n) is 10.7. The molecule has 1 aliphatic carbocycles. The zero-order chi connectivity index (χ0) is 30.4. The molecule has 224 valence electrons. The number of nitrogens with zero attached hydrogens (tertiary/aromatic N) is 1. The van der Waals surface area contributed by atoms with Crippen LogP contribution in [0.3, 0.4) is 0 Å². The molecule has 1 aromatic heterocycles. The van der Waals surface area contributed by atoms with Crippen molar-refractivity contribution in [2.24, 2.45) is 5.92 Å². The number of ether oxygens (including phenoxy) is 1. The van der Waals surface area contributed by atoms with E-state index in [2.05, 4.69) is 15.6 Å². The Morgan fingerprint density at radius 1 is 1.02 bits per heavy atom. The Morgan fingerprint density at radius 2 is 1.71 bits per heavy atom. The van der Waals surface area contributed by atoms with Gasteiger partial charge in [-0.2, -0.15) is 13.2 Å². The molecule has 2 N–H and O–H groups in total. The first kappa shape index (κ1) is 30.8. The Balaban J connectivity index is 1.29. The Morgan fingerprint density at radius 3 is 2.33 bits per heavy atom. The molecule has 3 aromatic rings. The molecule has 11 heteroatoms. The van der Waals surface area contributed by atoms with Gasteiger partial charge in [0.05, 0.1) is 7.11 Å². The van der Waals surface area contributed by atoms with E-state index in [9.17, 15) is 27.6 Å². The molecule has 1 heterocycles. The number of esters is 1. The average molecular weight is 586 g/mol. The molecule has 0 spiro atoms. The summed E-state index contributed by atoms with van der Waals surface area (Å²) in [7, 11) is 1.40. The van der Waals surface area contributed by atoms with E-state index in [1.807, 2.05) is 19.1 Å². The highest BCUT2D eigenvalue weighted by molar-refractivity contribution is 5.95. The maximum Gasteiger partial charge on any atom is 0.452 e. The summed E-state index contributed by atoms with van der Waals surface area (Å²) < 4.78 is 50.6. The van der Waals surface area contributed by atoms with E-state index in [4.69, 9.17) is 9.15 Å². The minimum Gasteiger partial charge on any atom is -0.469 e. The first-order valence-electron chi connectivity index (χ1n) is 13.8. The van der Waals surface area contributed by atoms with Crippen LogP contribution in [0.4, 0.5) is 18.9 Å². The maximum atomic E-state index is 13.6. The van der Waals surface area contributed by atoms with Crippen LogP contribution < -0.4 is 10.6 Å². The molecule has 1 saturated carbocycles. The lowest BCUT2D eigenvalue weighted by Gasteiger charge is -2.28. The van der Waals surface area contributed by atoms with Crippen LogP contribution >= 0.6 is 0 Å². The van der Waals surface area contributed by atoms with Crippen LogP contribution in [0.25, 0.3) is 11.5 Å². The molecule has 2 amide bonds. The van der Waals surface area contributed by atoms with Gasteiger partial charge >= 0.3 is 12.1 Å². The smallest absolute Gasteiger partial charge is 0.452 e. The minimum absolute atomic E-state index is 0.152. The van der Waals surface area contributed by atoms with Gasteiger partial charge in [0, 0.05) is 30.6 Å². The number of aromatic nitrogens is 1. The standard InChI is InChI=1S/C31H34F3N3O5/c1-18-4-13-24(19(2)16-18)30-37-27(28(42-30)31(32,33)34)29(40)35-15-14-25(38)36-23-11-9-22(10-12-23)21-7-5-20(6-8-21)17-26(39)41-3/h4,9-13,16,20-21H,5-8,14-15,17H2,1-3H3,(H,35,40)(H,36,38). The highest BCUT2D eigenvalue weighted by Crippen LogP contribution is 2.38. The topological polar surface area (TPSA) is 111 Å². The third kappa shape index (κ3) is 7.77. The summed E-state index contributed by atoms with van der Waals surface area (Å²) in [5.41, 5.74) is 2.77. The number of amides is 2. The van der Waals surface area contributed by atoms with Gasteiger partial charge in [0.2, 0.25) is 17.6 Å². The Hall–Kier alpha value is -4.15. The highest BCUT2D eigenvalue weighted by atomic mass is 19.4. The van der Waals surface area contributed by atoms with Gasteiger partial charge in [-0.3, -0.25) is 14.4 Å². The van der Waals surface area contributed by atoms with Gasteiger partial charge in [0.25, 0.3) is 5.91 Å². The van der Waals surface area contributed by atoms with Crippen LogP contribution in [0.2, 0.25) is 0 Å². The van der Waals surface area contributed by atoms with E-state index in [-0.39, 0.29) is 24.8 Å². The summed E-state index contributed by atoms with van der Waals surface area (Å²) in [6, 6.07) is 12.6. The number of carbonyl (C=O) groups is 3. The average Bonchev–Trinajstić information content (AvgIpc) is 3.40. The summed E-state index contributed by atoms with van der Waals surface area (Å²) in [5.74, 6) is -2.73. The van der Waals surface area contributed by atoms with Crippen LogP contribution in [0, 0.1) is 19.8 Å². The van der Waals surface area contributed by atoms with Crippen LogP contribution in [-0.4, -0.2) is 36.4 Å². The third-order valence-electron chi connectivity index (χ3n) is 7.55. The van der Waals surface area contributed by atoms with E-state index in [1.165, 1.54) is 7.11 Å². The summed E-state index contributed by atoms with van der Waals surface area (Å²) in [4.78, 5) is 40.4. The number of alkyl halides is 3. The van der Waals surface area contributed by atoms with E-state index in [0.717, 1.165) is 36.8 Å². The number of halogens is 3. The van der Waals surface area contributed by atoms with Crippen molar-refractivity contribution in [3.8, 4) is 11.5 Å². The van der Waals surface area contributed by atoms with Gasteiger partial charge in [0.1, 0.15) is 0 Å². The fourth-order valence-corrected chi connectivity index (χ4v) is 5.29. The molecular formula is C31H34F3N3O5. The lowest BCUT2D eigenvalue weighted by Crippen LogP contribution is -2.29. The number of anilines is 1. The fraction of sp³-hybridized carbons (Fsp3) is 0.419. The van der Waals surface area contributed by atoms with Crippen LogP contribution in [0.1, 0.15) is 77.4 Å². The quantitative estimate of drug-likeness (QED) is 0.275.